The van der Waals surface area contributed by atoms with E-state index >= 15 is 0 Å². The van der Waals surface area contributed by atoms with Crippen molar-refractivity contribution in [3.63, 3.8) is 0 Å². The van der Waals surface area contributed by atoms with E-state index in [1.165, 1.54) is 12.1 Å². The summed E-state index contributed by atoms with van der Waals surface area (Å²) < 4.78 is 19.1. The Morgan fingerprint density at radius 2 is 1.18 bits per heavy atom. The van der Waals surface area contributed by atoms with E-state index in [0.29, 0.717) is 0 Å². The maximum Gasteiger partial charge on any atom is 0.123 e. The van der Waals surface area contributed by atoms with Crippen LogP contribution in [0.2, 0.25) is 0 Å². The van der Waals surface area contributed by atoms with Gasteiger partial charge in [-0.05, 0) is 134 Å². The van der Waals surface area contributed by atoms with E-state index in [2.05, 4.69) is 109 Å². The fourth-order valence-electron chi connectivity index (χ4n) is 3.91. The molecule has 8 heteroatoms. The van der Waals surface area contributed by atoms with Crippen LogP contribution in [0.4, 0.5) is 4.39 Å². The summed E-state index contributed by atoms with van der Waals surface area (Å²) in [5, 5.41) is 0. The van der Waals surface area contributed by atoms with Crippen LogP contribution in [0, 0.1) is 16.5 Å². The van der Waals surface area contributed by atoms with Gasteiger partial charge in [-0.15, -0.1) is 11.3 Å². The van der Waals surface area contributed by atoms with Gasteiger partial charge in [-0.25, -0.2) is 14.4 Å². The summed E-state index contributed by atoms with van der Waals surface area (Å²) in [6.45, 7) is 0. The van der Waals surface area contributed by atoms with E-state index in [-0.39, 0.29) is 5.82 Å². The SMILES string of the molecule is Fc1ccc(-c2c3ccc([nH]3)c(I)c3nc(c(I)c4nc(c(I)c5ccc2s5)C=C4)C=C3)cc1. The molecule has 0 fully saturated rings. The van der Waals surface area contributed by atoms with Gasteiger partial charge in [0.05, 0.1) is 39.0 Å². The van der Waals surface area contributed by atoms with Crippen molar-refractivity contribution in [2.75, 3.05) is 0 Å². The third-order valence-corrected chi connectivity index (χ3v) is 10.4. The number of nitrogens with one attached hydrogen (secondary N) is 1. The number of hydrogen-bond acceptors (Lipinski definition) is 3. The number of fused-ring (bicyclic) bond motifs is 8. The molecule has 0 radical (unpaired) electrons. The molecule has 0 unspecified atom stereocenters. The van der Waals surface area contributed by atoms with Gasteiger partial charge in [0.25, 0.3) is 0 Å². The highest BCUT2D eigenvalue weighted by atomic mass is 127. The molecule has 34 heavy (non-hydrogen) atoms. The van der Waals surface area contributed by atoms with E-state index in [0.717, 1.165) is 65.0 Å². The molecule has 2 aliphatic rings. The molecule has 2 aliphatic heterocycles. The van der Waals surface area contributed by atoms with E-state index in [9.17, 15) is 4.39 Å². The average Bonchev–Trinajstić information content (AvgIpc) is 3.65. The Balaban J connectivity index is 1.78. The first kappa shape index (κ1) is 22.8. The summed E-state index contributed by atoms with van der Waals surface area (Å²) in [4.78, 5) is 13.4. The van der Waals surface area contributed by atoms with Crippen LogP contribution in [0.1, 0.15) is 22.8 Å². The van der Waals surface area contributed by atoms with Crippen LogP contribution < -0.4 is 0 Å². The molecule has 0 saturated heterocycles. The highest BCUT2D eigenvalue weighted by molar-refractivity contribution is 14.1. The number of H-pyrrole nitrogens is 1. The van der Waals surface area contributed by atoms with Crippen LogP contribution in [-0.2, 0) is 0 Å². The quantitative estimate of drug-likeness (QED) is 0.169. The standard InChI is InChI=1S/C26H13FI3N3S/c27-14-3-1-13(2-4-14)23-15-5-6-16(31-15)24(28)17-7-8-18(32-17)25(29)19-9-10-20(33-19)26(30)22-12-11-21(23)34-22/h1-12,31H. The molecule has 5 heterocycles. The first-order valence-corrected chi connectivity index (χ1v) is 14.3. The summed E-state index contributed by atoms with van der Waals surface area (Å²) in [5.74, 6) is -0.245. The van der Waals surface area contributed by atoms with Gasteiger partial charge in [0.15, 0.2) is 0 Å². The van der Waals surface area contributed by atoms with E-state index < -0.39 is 0 Å². The van der Waals surface area contributed by atoms with E-state index in [1.807, 2.05) is 24.3 Å². The second-order valence-corrected chi connectivity index (χ2v) is 12.0. The summed E-state index contributed by atoms with van der Waals surface area (Å²) in [6.07, 6.45) is 8.21. The lowest BCUT2D eigenvalue weighted by atomic mass is 10.1. The molecule has 1 aromatic carbocycles. The monoisotopic (exact) mass is 799 g/mol. The fraction of sp³-hybridized carbons (Fsp3) is 0. The van der Waals surface area contributed by atoms with Crippen molar-refractivity contribution in [3.05, 3.63) is 87.8 Å². The number of aromatic nitrogens is 3. The minimum absolute atomic E-state index is 0.245. The number of thiophene rings is 1. The van der Waals surface area contributed by atoms with E-state index in [1.54, 1.807) is 11.3 Å². The second-order valence-electron chi connectivity index (χ2n) is 7.70. The zero-order chi connectivity index (χ0) is 23.4. The lowest BCUT2D eigenvalue weighted by molar-refractivity contribution is 0.628. The fourth-order valence-corrected chi connectivity index (χ4v) is 6.97. The van der Waals surface area contributed by atoms with Crippen molar-refractivity contribution in [2.45, 2.75) is 0 Å². The zero-order valence-electron chi connectivity index (χ0n) is 17.2. The Morgan fingerprint density at radius 1 is 0.618 bits per heavy atom. The Morgan fingerprint density at radius 3 is 1.85 bits per heavy atom. The van der Waals surface area contributed by atoms with Crippen LogP contribution >= 0.6 is 79.1 Å². The van der Waals surface area contributed by atoms with Crippen LogP contribution in [0.25, 0.3) is 55.9 Å². The first-order valence-electron chi connectivity index (χ1n) is 10.3. The molecule has 1 N–H and O–H groups in total. The lowest BCUT2D eigenvalue weighted by Gasteiger charge is -2.02. The molecule has 8 bridgehead atoms. The number of benzene rings is 1. The zero-order valence-corrected chi connectivity index (χ0v) is 24.5. The largest absolute Gasteiger partial charge is 0.354 e. The molecule has 0 atom stereocenters. The van der Waals surface area contributed by atoms with Gasteiger partial charge in [0, 0.05) is 20.5 Å². The topological polar surface area (TPSA) is 41.6 Å². The highest BCUT2D eigenvalue weighted by Gasteiger charge is 2.14. The van der Waals surface area contributed by atoms with Crippen LogP contribution in [0.5, 0.6) is 0 Å². The average molecular weight is 799 g/mol. The maximum atomic E-state index is 13.7. The predicted octanol–water partition coefficient (Wildman–Crippen LogP) is 9.01. The molecule has 4 aromatic rings. The summed E-state index contributed by atoms with van der Waals surface area (Å²) in [5.41, 5.74) is 7.68. The van der Waals surface area contributed by atoms with E-state index in [4.69, 9.17) is 9.97 Å². The van der Waals surface area contributed by atoms with Gasteiger partial charge >= 0.3 is 0 Å². The molecule has 0 saturated carbocycles. The predicted molar refractivity (Wildman–Crippen MR) is 166 cm³/mol. The first-order chi connectivity index (χ1) is 16.5. The number of rotatable bonds is 1. The van der Waals surface area contributed by atoms with Crippen LogP contribution in [-0.4, -0.2) is 15.0 Å². The van der Waals surface area contributed by atoms with Crippen LogP contribution in [0.15, 0.2) is 48.5 Å². The second kappa shape index (κ2) is 9.10. The summed E-state index contributed by atoms with van der Waals surface area (Å²) >= 11 is 8.77. The Labute approximate surface area is 239 Å². The van der Waals surface area contributed by atoms with Gasteiger partial charge < -0.3 is 4.98 Å². The summed E-state index contributed by atoms with van der Waals surface area (Å²) in [7, 11) is 0. The molecular weight excluding hydrogens is 786 g/mol. The third-order valence-electron chi connectivity index (χ3n) is 5.57. The number of halogens is 4. The highest BCUT2D eigenvalue weighted by Crippen LogP contribution is 2.36. The Kier molecular flexibility index (Phi) is 6.10. The van der Waals surface area contributed by atoms with Gasteiger partial charge in [-0.1, -0.05) is 12.1 Å². The molecule has 3 aromatic heterocycles. The van der Waals surface area contributed by atoms with Crippen LogP contribution in [0.3, 0.4) is 0 Å². The van der Waals surface area contributed by atoms with Crippen molar-refractivity contribution in [1.29, 1.82) is 0 Å². The van der Waals surface area contributed by atoms with Crippen molar-refractivity contribution in [3.8, 4) is 11.1 Å². The van der Waals surface area contributed by atoms with Gasteiger partial charge in [-0.2, -0.15) is 0 Å². The number of nitrogens with zero attached hydrogens (tertiary/aromatic N) is 2. The molecule has 0 amide bonds. The van der Waals surface area contributed by atoms with Crippen molar-refractivity contribution in [2.24, 2.45) is 0 Å². The van der Waals surface area contributed by atoms with Gasteiger partial charge in [0.1, 0.15) is 5.82 Å². The normalized spacial score (nSPS) is 12.5. The van der Waals surface area contributed by atoms with Crippen molar-refractivity contribution in [1.82, 2.24) is 15.0 Å². The third kappa shape index (κ3) is 4.05. The molecule has 166 valence electrons. The minimum atomic E-state index is -0.245. The Hall–Kier alpha value is -1.64. The lowest BCUT2D eigenvalue weighted by Crippen LogP contribution is -1.87. The van der Waals surface area contributed by atoms with Gasteiger partial charge in [-0.3, -0.25) is 0 Å². The molecule has 3 nitrogen and oxygen atoms in total. The molecule has 0 spiro atoms. The van der Waals surface area contributed by atoms with Crippen molar-refractivity contribution >= 4 is 124 Å². The number of aromatic amines is 1. The molecule has 6 rings (SSSR count). The minimum Gasteiger partial charge on any atom is -0.354 e. The maximum absolute atomic E-state index is 13.7. The Bertz CT molecular complexity index is 1600. The van der Waals surface area contributed by atoms with Gasteiger partial charge in [0.2, 0.25) is 0 Å². The number of hydrogen-bond donors (Lipinski definition) is 1. The smallest absolute Gasteiger partial charge is 0.123 e. The summed E-state index contributed by atoms with van der Waals surface area (Å²) in [6, 6.07) is 15.1. The van der Waals surface area contributed by atoms with Crippen molar-refractivity contribution < 1.29 is 4.39 Å². The molecular formula is C26H13FI3N3S. The molecule has 0 aliphatic carbocycles.